The van der Waals surface area contributed by atoms with Crippen LogP contribution in [0.5, 0.6) is 0 Å². The van der Waals surface area contributed by atoms with Crippen LogP contribution in [-0.4, -0.2) is 8.42 Å². The Bertz CT molecular complexity index is 1310. The van der Waals surface area contributed by atoms with Gasteiger partial charge in [-0.05, 0) is 42.0 Å². The largest absolute Gasteiger partial charge is 0.439 e. The summed E-state index contributed by atoms with van der Waals surface area (Å²) in [4.78, 5) is 12.9. The van der Waals surface area contributed by atoms with Gasteiger partial charge in [0, 0.05) is 0 Å². The molecule has 1 heterocycles. The summed E-state index contributed by atoms with van der Waals surface area (Å²) in [6.45, 7) is 0. The number of benzene rings is 3. The average Bonchev–Trinajstić information content (AvgIpc) is 2.69. The minimum absolute atomic E-state index is 0.102. The molecule has 4 aromatic rings. The quantitative estimate of drug-likeness (QED) is 0.556. The number of nitrogens with one attached hydrogen (secondary N) is 1. The van der Waals surface area contributed by atoms with Crippen molar-refractivity contribution >= 4 is 26.9 Å². The minimum Gasteiger partial charge on any atom is -0.439 e. The molecule has 4 rings (SSSR count). The molecule has 0 amide bonds. The molecular weight excluding hydrogens is 381 g/mol. The first kappa shape index (κ1) is 17.9. The number of anilines is 1. The smallest absolute Gasteiger partial charge is 0.264 e. The Morgan fingerprint density at radius 3 is 2.18 bits per heavy atom. The summed E-state index contributed by atoms with van der Waals surface area (Å²) in [6.07, 6.45) is 0. The van der Waals surface area contributed by atoms with Gasteiger partial charge in [0.1, 0.15) is 11.4 Å². The summed E-state index contributed by atoms with van der Waals surface area (Å²) >= 11 is 0. The van der Waals surface area contributed by atoms with Crippen LogP contribution in [0.4, 0.5) is 10.3 Å². The topological polar surface area (TPSA) is 76.4 Å². The van der Waals surface area contributed by atoms with Gasteiger partial charge in [-0.15, -0.1) is 0 Å². The number of para-hydroxylation sites is 1. The molecule has 0 fully saturated rings. The lowest BCUT2D eigenvalue weighted by Crippen LogP contribution is -2.17. The summed E-state index contributed by atoms with van der Waals surface area (Å²) in [5.74, 6) is -0.750. The molecule has 0 unspecified atom stereocenters. The summed E-state index contributed by atoms with van der Waals surface area (Å²) in [6, 6.07) is 19.6. The summed E-state index contributed by atoms with van der Waals surface area (Å²) < 4.78 is 46.7. The Hall–Kier alpha value is -3.45. The van der Waals surface area contributed by atoms with Gasteiger partial charge in [-0.3, -0.25) is 4.79 Å². The molecule has 28 heavy (non-hydrogen) atoms. The second kappa shape index (κ2) is 6.94. The molecule has 0 bridgehead atoms. The van der Waals surface area contributed by atoms with Crippen molar-refractivity contribution in [2.24, 2.45) is 0 Å². The van der Waals surface area contributed by atoms with Gasteiger partial charge in [0.25, 0.3) is 10.0 Å². The molecule has 0 aliphatic heterocycles. The van der Waals surface area contributed by atoms with Crippen LogP contribution >= 0.6 is 0 Å². The van der Waals surface area contributed by atoms with Crippen LogP contribution in [0.3, 0.4) is 0 Å². The standard InChI is InChI=1S/C21H14FNO4S/c22-15-10-12-16(13-11-15)28(25,26)23-21-19(14-6-2-1-3-7-14)20(24)17-8-4-5-9-18(17)27-21/h1-13,23H. The Morgan fingerprint density at radius 1 is 0.821 bits per heavy atom. The molecule has 0 saturated carbocycles. The Balaban J connectivity index is 1.93. The van der Waals surface area contributed by atoms with Gasteiger partial charge in [0.05, 0.1) is 15.8 Å². The van der Waals surface area contributed by atoms with Gasteiger partial charge in [-0.2, -0.15) is 0 Å². The zero-order valence-corrected chi connectivity index (χ0v) is 15.2. The Labute approximate surface area is 160 Å². The van der Waals surface area contributed by atoms with Gasteiger partial charge in [-0.25, -0.2) is 17.5 Å². The highest BCUT2D eigenvalue weighted by Crippen LogP contribution is 2.30. The average molecular weight is 395 g/mol. The van der Waals surface area contributed by atoms with E-state index in [4.69, 9.17) is 4.42 Å². The third-order valence-corrected chi connectivity index (χ3v) is 5.56. The second-order valence-corrected chi connectivity index (χ2v) is 7.74. The van der Waals surface area contributed by atoms with Crippen molar-refractivity contribution in [3.63, 3.8) is 0 Å². The molecule has 1 aromatic heterocycles. The predicted molar refractivity (Wildman–Crippen MR) is 105 cm³/mol. The van der Waals surface area contributed by atoms with Crippen LogP contribution in [0.15, 0.2) is 93.0 Å². The van der Waals surface area contributed by atoms with Gasteiger partial charge >= 0.3 is 0 Å². The number of hydrogen-bond acceptors (Lipinski definition) is 4. The van der Waals surface area contributed by atoms with Gasteiger partial charge < -0.3 is 4.42 Å². The Morgan fingerprint density at radius 2 is 1.46 bits per heavy atom. The third-order valence-electron chi connectivity index (χ3n) is 4.21. The monoisotopic (exact) mass is 395 g/mol. The van der Waals surface area contributed by atoms with Crippen molar-refractivity contribution in [2.75, 3.05) is 4.72 Å². The van der Waals surface area contributed by atoms with Crippen LogP contribution < -0.4 is 10.2 Å². The van der Waals surface area contributed by atoms with Crippen LogP contribution in [0, 0.1) is 5.82 Å². The lowest BCUT2D eigenvalue weighted by molar-refractivity contribution is 0.591. The number of rotatable bonds is 4. The minimum atomic E-state index is -4.10. The van der Waals surface area contributed by atoms with E-state index < -0.39 is 15.8 Å². The first-order valence-corrected chi connectivity index (χ1v) is 9.84. The predicted octanol–water partition coefficient (Wildman–Crippen LogP) is 4.40. The maximum Gasteiger partial charge on any atom is 0.264 e. The molecule has 5 nitrogen and oxygen atoms in total. The van der Waals surface area contributed by atoms with E-state index in [0.717, 1.165) is 24.3 Å². The molecule has 0 atom stereocenters. The highest BCUT2D eigenvalue weighted by atomic mass is 32.2. The maximum absolute atomic E-state index is 13.1. The Kier molecular flexibility index (Phi) is 4.44. The lowest BCUT2D eigenvalue weighted by atomic mass is 10.0. The number of halogens is 1. The molecule has 0 saturated heterocycles. The van der Waals surface area contributed by atoms with Gasteiger partial charge in [0.2, 0.25) is 11.3 Å². The molecule has 0 radical (unpaired) electrons. The molecule has 0 aliphatic carbocycles. The molecule has 7 heteroatoms. The van der Waals surface area contributed by atoms with E-state index in [9.17, 15) is 17.6 Å². The molecule has 0 aliphatic rings. The number of hydrogen-bond donors (Lipinski definition) is 1. The fourth-order valence-electron chi connectivity index (χ4n) is 2.88. The highest BCUT2D eigenvalue weighted by Gasteiger charge is 2.22. The third kappa shape index (κ3) is 3.27. The fraction of sp³-hybridized carbons (Fsp3) is 0. The van der Waals surface area contributed by atoms with E-state index in [1.54, 1.807) is 54.6 Å². The van der Waals surface area contributed by atoms with E-state index in [2.05, 4.69) is 4.72 Å². The van der Waals surface area contributed by atoms with Gasteiger partial charge in [-0.1, -0.05) is 42.5 Å². The summed E-state index contributed by atoms with van der Waals surface area (Å²) in [7, 11) is -4.10. The number of sulfonamides is 1. The van der Waals surface area contributed by atoms with Crippen molar-refractivity contribution in [1.82, 2.24) is 0 Å². The van der Waals surface area contributed by atoms with Crippen LogP contribution in [-0.2, 0) is 10.0 Å². The van der Waals surface area contributed by atoms with Gasteiger partial charge in [0.15, 0.2) is 0 Å². The van der Waals surface area contributed by atoms with E-state index in [-0.39, 0.29) is 27.4 Å². The molecule has 1 N–H and O–H groups in total. The second-order valence-electron chi connectivity index (χ2n) is 6.06. The van der Waals surface area contributed by atoms with Crippen molar-refractivity contribution < 1.29 is 17.2 Å². The van der Waals surface area contributed by atoms with Crippen molar-refractivity contribution in [3.05, 3.63) is 94.9 Å². The molecule has 3 aromatic carbocycles. The van der Waals surface area contributed by atoms with E-state index in [1.807, 2.05) is 0 Å². The molecular formula is C21H14FNO4S. The first-order valence-electron chi connectivity index (χ1n) is 8.35. The summed E-state index contributed by atoms with van der Waals surface area (Å²) in [5.41, 5.74) is 0.512. The van der Waals surface area contributed by atoms with Crippen molar-refractivity contribution in [2.45, 2.75) is 4.90 Å². The van der Waals surface area contributed by atoms with Crippen LogP contribution in [0.2, 0.25) is 0 Å². The van der Waals surface area contributed by atoms with Crippen molar-refractivity contribution in [1.29, 1.82) is 0 Å². The maximum atomic E-state index is 13.1. The molecule has 0 spiro atoms. The fourth-order valence-corrected chi connectivity index (χ4v) is 3.88. The zero-order chi connectivity index (χ0) is 19.7. The van der Waals surface area contributed by atoms with E-state index in [0.29, 0.717) is 10.9 Å². The first-order chi connectivity index (χ1) is 13.5. The normalized spacial score (nSPS) is 11.5. The van der Waals surface area contributed by atoms with Crippen molar-refractivity contribution in [3.8, 4) is 11.1 Å². The van der Waals surface area contributed by atoms with E-state index >= 15 is 0 Å². The number of fused-ring (bicyclic) bond motifs is 1. The van der Waals surface area contributed by atoms with E-state index in [1.165, 1.54) is 0 Å². The highest BCUT2D eigenvalue weighted by molar-refractivity contribution is 7.92. The summed E-state index contributed by atoms with van der Waals surface area (Å²) in [5, 5.41) is 0.339. The van der Waals surface area contributed by atoms with Crippen LogP contribution in [0.25, 0.3) is 22.1 Å². The van der Waals surface area contributed by atoms with Crippen LogP contribution in [0.1, 0.15) is 0 Å². The lowest BCUT2D eigenvalue weighted by Gasteiger charge is -2.12. The molecule has 140 valence electrons. The zero-order valence-electron chi connectivity index (χ0n) is 14.4. The SMILES string of the molecule is O=c1c(-c2ccccc2)c(NS(=O)(=O)c2ccc(F)cc2)oc2ccccc12.